The summed E-state index contributed by atoms with van der Waals surface area (Å²) in [7, 11) is -1.44. The molecular formula is C12H16N2O7S. The number of likely N-dealkylation sites (N-methyl/N-ethyl adjacent to an activating group) is 1. The van der Waals surface area contributed by atoms with Crippen molar-refractivity contribution in [2.75, 3.05) is 14.2 Å². The molecule has 9 nitrogen and oxygen atoms in total. The molecule has 0 radical (unpaired) electrons. The maximum atomic E-state index is 12.5. The third kappa shape index (κ3) is 1.87. The largest absolute Gasteiger partial charge is 0.480 e. The average molecular weight is 332 g/mol. The second-order valence-corrected chi connectivity index (χ2v) is 8.16. The molecule has 0 spiro atoms. The van der Waals surface area contributed by atoms with Gasteiger partial charge in [0.15, 0.2) is 21.3 Å². The first-order chi connectivity index (χ1) is 9.98. The van der Waals surface area contributed by atoms with E-state index in [9.17, 15) is 27.9 Å². The number of β-lactam (4-membered cyclic amide) rings is 1. The Hall–Kier alpha value is -1.94. The van der Waals surface area contributed by atoms with Crippen molar-refractivity contribution in [2.45, 2.75) is 30.0 Å². The summed E-state index contributed by atoms with van der Waals surface area (Å²) in [5.74, 6) is -2.88. The second-order valence-electron chi connectivity index (χ2n) is 5.57. The first-order valence-corrected chi connectivity index (χ1v) is 7.85. The van der Waals surface area contributed by atoms with Crippen LogP contribution in [-0.2, 0) is 29.1 Å². The van der Waals surface area contributed by atoms with Gasteiger partial charge in [-0.15, -0.1) is 0 Å². The Labute approximate surface area is 127 Å². The molecule has 0 aromatic rings. The molecule has 10 heteroatoms. The first-order valence-electron chi connectivity index (χ1n) is 6.30. The number of hydroxylamine groups is 2. The van der Waals surface area contributed by atoms with Crippen LogP contribution in [0.2, 0.25) is 0 Å². The average Bonchev–Trinajstić information content (AvgIpc) is 2.56. The molecule has 2 aliphatic rings. The number of hydrogen-bond donors (Lipinski definition) is 1. The van der Waals surface area contributed by atoms with Crippen LogP contribution in [0, 0.1) is 0 Å². The molecule has 2 aliphatic heterocycles. The van der Waals surface area contributed by atoms with Gasteiger partial charge < -0.3 is 10.0 Å². The highest BCUT2D eigenvalue weighted by atomic mass is 32.2. The molecule has 122 valence electrons. The number of aliphatic carboxylic acids is 1. The predicted molar refractivity (Wildman–Crippen MR) is 72.9 cm³/mol. The molecule has 0 aromatic carbocycles. The van der Waals surface area contributed by atoms with Crippen molar-refractivity contribution in [1.82, 2.24) is 9.96 Å². The summed E-state index contributed by atoms with van der Waals surface area (Å²) in [6, 6.07) is -1.48. The van der Waals surface area contributed by atoms with Crippen LogP contribution in [0.3, 0.4) is 0 Å². The van der Waals surface area contributed by atoms with E-state index in [1.165, 1.54) is 28.0 Å². The lowest BCUT2D eigenvalue weighted by atomic mass is 9.95. The zero-order valence-corrected chi connectivity index (χ0v) is 13.2. The van der Waals surface area contributed by atoms with Crippen molar-refractivity contribution in [3.05, 3.63) is 11.6 Å². The van der Waals surface area contributed by atoms with Gasteiger partial charge in [0.25, 0.3) is 11.8 Å². The van der Waals surface area contributed by atoms with Gasteiger partial charge in [-0.2, -0.15) is 0 Å². The minimum atomic E-state index is -3.98. The maximum absolute atomic E-state index is 12.5. The molecule has 0 aromatic heterocycles. The van der Waals surface area contributed by atoms with E-state index >= 15 is 0 Å². The van der Waals surface area contributed by atoms with Gasteiger partial charge in [-0.3, -0.25) is 14.4 Å². The number of fused-ring (bicyclic) bond motifs is 1. The van der Waals surface area contributed by atoms with Crippen LogP contribution in [0.1, 0.15) is 13.8 Å². The number of amides is 2. The number of carboxylic acid groups (broad SMARTS) is 1. The third-order valence-corrected chi connectivity index (χ3v) is 6.82. The Bertz CT molecular complexity index is 694. The van der Waals surface area contributed by atoms with Gasteiger partial charge in [-0.1, -0.05) is 0 Å². The normalized spacial score (nSPS) is 29.9. The van der Waals surface area contributed by atoms with Crippen molar-refractivity contribution >= 4 is 27.6 Å². The van der Waals surface area contributed by atoms with E-state index in [-0.39, 0.29) is 5.57 Å². The standard InChI is InChI=1S/C12H16N2O7S/c1-12(2)8(11(17)18)14-9(16)6(10(14)22(12,19)20)5-7(15)13(3)21-4/h5,8,10H,1-4H3,(H,17,18)/b6-5-/t8-,10+/m0/s1. The minimum absolute atomic E-state index is 0.245. The molecule has 2 atom stereocenters. The van der Waals surface area contributed by atoms with Crippen molar-refractivity contribution in [1.29, 1.82) is 0 Å². The zero-order chi connectivity index (χ0) is 17.0. The van der Waals surface area contributed by atoms with Crippen LogP contribution in [-0.4, -0.2) is 71.6 Å². The van der Waals surface area contributed by atoms with E-state index in [0.29, 0.717) is 0 Å². The highest BCUT2D eigenvalue weighted by Crippen LogP contribution is 2.48. The molecule has 2 saturated heterocycles. The summed E-state index contributed by atoms with van der Waals surface area (Å²) in [6.45, 7) is 2.51. The molecule has 0 saturated carbocycles. The van der Waals surface area contributed by atoms with E-state index in [1.807, 2.05) is 0 Å². The fourth-order valence-corrected chi connectivity index (χ4v) is 4.78. The number of nitrogens with zero attached hydrogens (tertiary/aromatic N) is 2. The van der Waals surface area contributed by atoms with Crippen LogP contribution in [0.5, 0.6) is 0 Å². The highest BCUT2D eigenvalue weighted by Gasteiger charge is 2.70. The fourth-order valence-electron chi connectivity index (χ4n) is 2.66. The number of carboxylic acids is 1. The summed E-state index contributed by atoms with van der Waals surface area (Å²) in [5, 5.41) is 8.65. The Morgan fingerprint density at radius 2 is 1.95 bits per heavy atom. The predicted octanol–water partition coefficient (Wildman–Crippen LogP) is -1.24. The molecular weight excluding hydrogens is 316 g/mol. The molecule has 0 aliphatic carbocycles. The van der Waals surface area contributed by atoms with Crippen LogP contribution in [0.25, 0.3) is 0 Å². The highest BCUT2D eigenvalue weighted by molar-refractivity contribution is 7.94. The number of rotatable bonds is 3. The van der Waals surface area contributed by atoms with Crippen molar-refractivity contribution in [3.63, 3.8) is 0 Å². The number of carbonyl (C=O) groups excluding carboxylic acids is 2. The summed E-state index contributed by atoms with van der Waals surface area (Å²) in [5.41, 5.74) is -0.245. The molecule has 2 amide bonds. The smallest absolute Gasteiger partial charge is 0.328 e. The lowest BCUT2D eigenvalue weighted by molar-refractivity contribution is -0.163. The Kier molecular flexibility index (Phi) is 3.57. The van der Waals surface area contributed by atoms with Gasteiger partial charge >= 0.3 is 5.97 Å². The number of carbonyl (C=O) groups is 3. The van der Waals surface area contributed by atoms with Gasteiger partial charge in [0.1, 0.15) is 4.75 Å². The van der Waals surface area contributed by atoms with Crippen molar-refractivity contribution in [3.8, 4) is 0 Å². The number of hydrogen-bond acceptors (Lipinski definition) is 6. The second kappa shape index (κ2) is 4.78. The van der Waals surface area contributed by atoms with Crippen molar-refractivity contribution in [2.24, 2.45) is 0 Å². The van der Waals surface area contributed by atoms with E-state index in [2.05, 4.69) is 4.84 Å². The maximum Gasteiger partial charge on any atom is 0.328 e. The molecule has 2 rings (SSSR count). The lowest BCUT2D eigenvalue weighted by Gasteiger charge is -2.37. The monoisotopic (exact) mass is 332 g/mol. The van der Waals surface area contributed by atoms with E-state index in [0.717, 1.165) is 16.0 Å². The van der Waals surface area contributed by atoms with Gasteiger partial charge in [-0.25, -0.2) is 18.3 Å². The van der Waals surface area contributed by atoms with Crippen molar-refractivity contribution < 1.29 is 32.7 Å². The molecule has 0 bridgehead atoms. The summed E-state index contributed by atoms with van der Waals surface area (Å²) in [6.07, 6.45) is 0.866. The Morgan fingerprint density at radius 3 is 2.41 bits per heavy atom. The van der Waals surface area contributed by atoms with E-state index < -0.39 is 43.8 Å². The van der Waals surface area contributed by atoms with Crippen LogP contribution < -0.4 is 0 Å². The van der Waals surface area contributed by atoms with Crippen LogP contribution >= 0.6 is 0 Å². The van der Waals surface area contributed by atoms with Gasteiger partial charge in [0.2, 0.25) is 0 Å². The number of sulfone groups is 1. The first kappa shape index (κ1) is 16.4. The SMILES string of the molecule is CON(C)C(=O)/C=C1/C(=O)N2[C@@H](C(=O)O)C(C)(C)S(=O)(=O)[C@H]12. The summed E-state index contributed by atoms with van der Waals surface area (Å²) >= 11 is 0. The van der Waals surface area contributed by atoms with E-state index in [1.54, 1.807) is 0 Å². The zero-order valence-electron chi connectivity index (χ0n) is 12.4. The van der Waals surface area contributed by atoms with Gasteiger partial charge in [0, 0.05) is 13.1 Å². The molecule has 22 heavy (non-hydrogen) atoms. The molecule has 1 N–H and O–H groups in total. The molecule has 2 fully saturated rings. The Morgan fingerprint density at radius 1 is 1.41 bits per heavy atom. The van der Waals surface area contributed by atoms with E-state index in [4.69, 9.17) is 0 Å². The van der Waals surface area contributed by atoms with Gasteiger partial charge in [-0.05, 0) is 13.8 Å². The Balaban J connectivity index is 2.49. The van der Waals surface area contributed by atoms with Crippen LogP contribution in [0.15, 0.2) is 11.6 Å². The summed E-state index contributed by atoms with van der Waals surface area (Å²) < 4.78 is 23.4. The lowest BCUT2D eigenvalue weighted by Crippen LogP contribution is -2.59. The van der Waals surface area contributed by atoms with Gasteiger partial charge in [0.05, 0.1) is 12.7 Å². The molecule has 0 unspecified atom stereocenters. The molecule has 2 heterocycles. The minimum Gasteiger partial charge on any atom is -0.480 e. The van der Waals surface area contributed by atoms with Crippen LogP contribution in [0.4, 0.5) is 0 Å². The quantitative estimate of drug-likeness (QED) is 0.390. The third-order valence-electron chi connectivity index (χ3n) is 4.06. The topological polar surface area (TPSA) is 121 Å². The fraction of sp³-hybridized carbons (Fsp3) is 0.583. The summed E-state index contributed by atoms with van der Waals surface area (Å²) in [4.78, 5) is 40.6.